The lowest BCUT2D eigenvalue weighted by atomic mass is 10.2. The Labute approximate surface area is 175 Å². The minimum atomic E-state index is -1.82. The number of unbranched alkanes of at least 4 members (excludes halogenated alkanes) is 3. The molecule has 0 saturated carbocycles. The van der Waals surface area contributed by atoms with E-state index in [1.807, 2.05) is 17.6 Å². The maximum atomic E-state index is 9.10. The number of thiazole rings is 1. The van der Waals surface area contributed by atoms with E-state index in [2.05, 4.69) is 29.0 Å². The van der Waals surface area contributed by atoms with Gasteiger partial charge in [-0.2, -0.15) is 0 Å². The molecule has 0 atom stereocenters. The van der Waals surface area contributed by atoms with Gasteiger partial charge in [0, 0.05) is 12.6 Å². The number of hydrogen-bond acceptors (Lipinski definition) is 7. The molecule has 0 aliphatic rings. The summed E-state index contributed by atoms with van der Waals surface area (Å²) >= 11 is 1.65. The summed E-state index contributed by atoms with van der Waals surface area (Å²) in [5, 5.41) is 18.3. The number of hydrogen-bond donors (Lipinski definition) is 3. The average Bonchev–Trinajstić information content (AvgIpc) is 3.19. The molecule has 1 heterocycles. The summed E-state index contributed by atoms with van der Waals surface area (Å²) < 4.78 is 6.54. The summed E-state index contributed by atoms with van der Waals surface area (Å²) in [5.74, 6) is -2.76. The number of benzene rings is 1. The molecule has 0 aliphatic heterocycles. The molecule has 0 radical (unpaired) electrons. The van der Waals surface area contributed by atoms with Crippen LogP contribution in [-0.2, 0) is 9.59 Å². The number of anilines is 1. The molecule has 0 unspecified atom stereocenters. The maximum Gasteiger partial charge on any atom is 0.414 e. The molecule has 3 N–H and O–H groups in total. The Bertz CT molecular complexity index is 750. The zero-order chi connectivity index (χ0) is 21.6. The normalized spacial score (nSPS) is 10.5. The van der Waals surface area contributed by atoms with E-state index in [0.717, 1.165) is 36.6 Å². The van der Waals surface area contributed by atoms with Gasteiger partial charge in [0.2, 0.25) is 0 Å². The van der Waals surface area contributed by atoms with E-state index in [1.165, 1.54) is 36.9 Å². The van der Waals surface area contributed by atoms with Crippen molar-refractivity contribution in [3.05, 3.63) is 17.6 Å². The largest absolute Gasteiger partial charge is 0.497 e. The molecule has 2 aromatic rings. The fourth-order valence-electron chi connectivity index (χ4n) is 2.77. The summed E-state index contributed by atoms with van der Waals surface area (Å²) in [6.45, 7) is 9.03. The molecule has 1 aromatic carbocycles. The van der Waals surface area contributed by atoms with E-state index < -0.39 is 11.9 Å². The Kier molecular flexibility index (Phi) is 11.7. The minimum Gasteiger partial charge on any atom is -0.497 e. The first-order chi connectivity index (χ1) is 13.9. The molecule has 9 heteroatoms. The van der Waals surface area contributed by atoms with Crippen LogP contribution in [0.5, 0.6) is 5.75 Å². The summed E-state index contributed by atoms with van der Waals surface area (Å²) in [4.78, 5) is 25.1. The Balaban J connectivity index is 0.000000612. The van der Waals surface area contributed by atoms with E-state index in [0.29, 0.717) is 0 Å². The second-order valence-electron chi connectivity index (χ2n) is 6.35. The summed E-state index contributed by atoms with van der Waals surface area (Å²) in [7, 11) is 1.71. The summed E-state index contributed by atoms with van der Waals surface area (Å²) in [6.07, 6.45) is 5.08. The molecule has 2 rings (SSSR count). The van der Waals surface area contributed by atoms with Crippen LogP contribution in [0.25, 0.3) is 10.2 Å². The fraction of sp³-hybridized carbons (Fsp3) is 0.550. The number of rotatable bonds is 11. The van der Waals surface area contributed by atoms with Crippen molar-refractivity contribution in [1.29, 1.82) is 0 Å². The molecule has 0 saturated heterocycles. The van der Waals surface area contributed by atoms with Crippen molar-refractivity contribution in [3.63, 3.8) is 0 Å². The number of nitrogens with one attached hydrogen (secondary N) is 1. The third-order valence-electron chi connectivity index (χ3n) is 4.44. The minimum absolute atomic E-state index is 0.892. The van der Waals surface area contributed by atoms with E-state index in [4.69, 9.17) is 24.5 Å². The van der Waals surface area contributed by atoms with Crippen LogP contribution in [0.15, 0.2) is 17.6 Å². The Morgan fingerprint density at radius 2 is 1.76 bits per heavy atom. The molecule has 0 amide bonds. The lowest BCUT2D eigenvalue weighted by molar-refractivity contribution is -0.159. The van der Waals surface area contributed by atoms with Gasteiger partial charge in [-0.05, 0) is 38.5 Å². The van der Waals surface area contributed by atoms with Gasteiger partial charge in [-0.1, -0.05) is 26.7 Å². The number of carboxylic acid groups (broad SMARTS) is 2. The highest BCUT2D eigenvalue weighted by Gasteiger charge is 2.07. The zero-order valence-corrected chi connectivity index (χ0v) is 18.1. The first-order valence-electron chi connectivity index (χ1n) is 9.76. The zero-order valence-electron chi connectivity index (χ0n) is 17.3. The van der Waals surface area contributed by atoms with Crippen LogP contribution in [0.1, 0.15) is 39.5 Å². The Morgan fingerprint density at radius 1 is 1.10 bits per heavy atom. The molecular weight excluding hydrogens is 394 g/mol. The topological polar surface area (TPSA) is 112 Å². The molecule has 0 bridgehead atoms. The van der Waals surface area contributed by atoms with Gasteiger partial charge in [0.05, 0.1) is 23.0 Å². The second-order valence-corrected chi connectivity index (χ2v) is 7.24. The quantitative estimate of drug-likeness (QED) is 0.368. The smallest absolute Gasteiger partial charge is 0.414 e. The molecule has 8 nitrogen and oxygen atoms in total. The van der Waals surface area contributed by atoms with Gasteiger partial charge < -0.3 is 25.2 Å². The van der Waals surface area contributed by atoms with E-state index in [1.54, 1.807) is 18.4 Å². The Hall–Kier alpha value is -2.39. The van der Waals surface area contributed by atoms with Crippen molar-refractivity contribution in [3.8, 4) is 5.75 Å². The first kappa shape index (κ1) is 24.6. The molecule has 1 aromatic heterocycles. The van der Waals surface area contributed by atoms with Gasteiger partial charge in [0.1, 0.15) is 11.3 Å². The van der Waals surface area contributed by atoms with Gasteiger partial charge in [0.25, 0.3) is 0 Å². The van der Waals surface area contributed by atoms with Crippen LogP contribution in [0.2, 0.25) is 0 Å². The van der Waals surface area contributed by atoms with Crippen molar-refractivity contribution >= 4 is 39.2 Å². The molecule has 162 valence electrons. The van der Waals surface area contributed by atoms with Crippen molar-refractivity contribution < 1.29 is 24.5 Å². The highest BCUT2D eigenvalue weighted by Crippen LogP contribution is 2.30. The number of carbonyl (C=O) groups is 2. The molecule has 29 heavy (non-hydrogen) atoms. The van der Waals surface area contributed by atoms with Crippen LogP contribution in [-0.4, -0.2) is 65.3 Å². The van der Waals surface area contributed by atoms with E-state index in [-0.39, 0.29) is 0 Å². The third kappa shape index (κ3) is 9.10. The molecule has 0 aliphatic carbocycles. The van der Waals surface area contributed by atoms with Crippen LogP contribution >= 0.6 is 11.3 Å². The van der Waals surface area contributed by atoms with Crippen LogP contribution in [0.4, 0.5) is 5.69 Å². The van der Waals surface area contributed by atoms with Crippen LogP contribution < -0.4 is 10.1 Å². The first-order valence-corrected chi connectivity index (χ1v) is 10.6. The lowest BCUT2D eigenvalue weighted by Crippen LogP contribution is -2.23. The standard InChI is InChI=1S/C18H29N3OS.C2H2O4/c1-4-21(5-2)11-9-7-6-8-10-19-16-12-15(22-3)13-17-18(16)20-14-23-17;3-1(4)2(5)6/h12-14,19H,4-11H2,1-3H3;(H,3,4)(H,5,6). The number of carboxylic acids is 2. The van der Waals surface area contributed by atoms with Gasteiger partial charge in [-0.25, -0.2) is 14.6 Å². The summed E-state index contributed by atoms with van der Waals surface area (Å²) in [5.41, 5.74) is 4.03. The van der Waals surface area contributed by atoms with Gasteiger partial charge >= 0.3 is 11.9 Å². The Morgan fingerprint density at radius 3 is 2.34 bits per heavy atom. The van der Waals surface area contributed by atoms with Gasteiger partial charge in [-0.3, -0.25) is 0 Å². The van der Waals surface area contributed by atoms with Crippen molar-refractivity contribution in [2.24, 2.45) is 0 Å². The molecular formula is C20H31N3O5S. The molecule has 0 spiro atoms. The van der Waals surface area contributed by atoms with Crippen LogP contribution in [0.3, 0.4) is 0 Å². The van der Waals surface area contributed by atoms with Gasteiger partial charge in [-0.15, -0.1) is 11.3 Å². The highest BCUT2D eigenvalue weighted by molar-refractivity contribution is 7.16. The number of aliphatic carboxylic acids is 2. The van der Waals surface area contributed by atoms with E-state index in [9.17, 15) is 0 Å². The fourth-order valence-corrected chi connectivity index (χ4v) is 3.50. The van der Waals surface area contributed by atoms with Crippen molar-refractivity contribution in [1.82, 2.24) is 9.88 Å². The number of methoxy groups -OCH3 is 1. The number of aromatic nitrogens is 1. The average molecular weight is 426 g/mol. The van der Waals surface area contributed by atoms with Crippen LogP contribution in [0, 0.1) is 0 Å². The van der Waals surface area contributed by atoms with Crippen molar-refractivity contribution in [2.45, 2.75) is 39.5 Å². The monoisotopic (exact) mass is 425 g/mol. The summed E-state index contributed by atoms with van der Waals surface area (Å²) in [6, 6.07) is 4.09. The predicted octanol–water partition coefficient (Wildman–Crippen LogP) is 3.77. The van der Waals surface area contributed by atoms with Crippen molar-refractivity contribution in [2.75, 3.05) is 38.6 Å². The third-order valence-corrected chi connectivity index (χ3v) is 5.22. The molecule has 0 fully saturated rings. The SMILES string of the molecule is CCN(CC)CCCCCCNc1cc(OC)cc2scnc12.O=C(O)C(=O)O. The predicted molar refractivity (Wildman–Crippen MR) is 116 cm³/mol. The van der Waals surface area contributed by atoms with Gasteiger partial charge in [0.15, 0.2) is 0 Å². The maximum absolute atomic E-state index is 9.10. The van der Waals surface area contributed by atoms with E-state index >= 15 is 0 Å². The lowest BCUT2D eigenvalue weighted by Gasteiger charge is -2.17. The number of fused-ring (bicyclic) bond motifs is 1. The highest BCUT2D eigenvalue weighted by atomic mass is 32.1. The number of ether oxygens (including phenoxy) is 1. The second kappa shape index (κ2) is 13.7. The number of nitrogens with zero attached hydrogens (tertiary/aromatic N) is 2.